The number of carbonyl (C=O) groups is 1. The number of carboxylic acid groups (broad SMARTS) is 1. The van der Waals surface area contributed by atoms with E-state index in [-0.39, 0.29) is 6.04 Å². The molecule has 2 aliphatic heterocycles. The number of pyridine rings is 1. The summed E-state index contributed by atoms with van der Waals surface area (Å²) < 4.78 is 6.38. The van der Waals surface area contributed by atoms with Crippen LogP contribution >= 0.6 is 0 Å². The molecule has 30 heavy (non-hydrogen) atoms. The van der Waals surface area contributed by atoms with E-state index in [1.807, 2.05) is 59.5 Å². The molecule has 0 spiro atoms. The highest BCUT2D eigenvalue weighted by atomic mass is 16.5. The van der Waals surface area contributed by atoms with Gasteiger partial charge in [-0.25, -0.2) is 4.90 Å². The lowest BCUT2D eigenvalue weighted by atomic mass is 9.85. The fourth-order valence-electron chi connectivity index (χ4n) is 4.89. The molecular weight excluding hydrogens is 378 g/mol. The summed E-state index contributed by atoms with van der Waals surface area (Å²) in [7, 11) is 0. The molecule has 0 saturated carbocycles. The van der Waals surface area contributed by atoms with Crippen molar-refractivity contribution in [2.45, 2.75) is 24.7 Å². The van der Waals surface area contributed by atoms with Gasteiger partial charge in [-0.3, -0.25) is 9.78 Å². The third kappa shape index (κ3) is 2.40. The molecule has 6 heteroatoms. The molecule has 4 aromatic rings. The maximum atomic E-state index is 12.4. The second kappa shape index (κ2) is 6.43. The summed E-state index contributed by atoms with van der Waals surface area (Å²) >= 11 is 0. The van der Waals surface area contributed by atoms with Crippen molar-refractivity contribution in [2.24, 2.45) is 0 Å². The second-order valence-corrected chi connectivity index (χ2v) is 7.76. The van der Waals surface area contributed by atoms with Crippen molar-refractivity contribution in [3.63, 3.8) is 0 Å². The Balaban J connectivity index is 1.64. The lowest BCUT2D eigenvalue weighted by molar-refractivity contribution is -0.152. The first-order valence-corrected chi connectivity index (χ1v) is 9.97. The third-order valence-corrected chi connectivity index (χ3v) is 6.17. The van der Waals surface area contributed by atoms with E-state index in [9.17, 15) is 9.90 Å². The Bertz CT molecular complexity index is 1270. The highest BCUT2D eigenvalue weighted by Crippen LogP contribution is 2.50. The Kier molecular flexibility index (Phi) is 3.70. The van der Waals surface area contributed by atoms with Gasteiger partial charge in [-0.1, -0.05) is 36.4 Å². The number of nitrogens with zero attached hydrogens (tertiary/aromatic N) is 2. The average Bonchev–Trinajstić information content (AvgIpc) is 3.17. The molecule has 0 saturated heterocycles. The van der Waals surface area contributed by atoms with Crippen LogP contribution in [-0.4, -0.2) is 32.0 Å². The smallest absolute Gasteiger partial charge is 0.321 e. The van der Waals surface area contributed by atoms with Crippen LogP contribution in [0.25, 0.3) is 10.9 Å². The van der Waals surface area contributed by atoms with E-state index in [4.69, 9.17) is 4.74 Å². The van der Waals surface area contributed by atoms with Gasteiger partial charge < -0.3 is 14.8 Å². The van der Waals surface area contributed by atoms with Gasteiger partial charge >= 0.3 is 5.97 Å². The number of carboxylic acids is 1. The minimum Gasteiger partial charge on any atom is -0.480 e. The lowest BCUT2D eigenvalue weighted by Gasteiger charge is -2.48. The van der Waals surface area contributed by atoms with E-state index in [2.05, 4.69) is 16.0 Å². The van der Waals surface area contributed by atoms with Crippen LogP contribution in [0.1, 0.15) is 34.7 Å². The molecule has 0 fully saturated rings. The van der Waals surface area contributed by atoms with Gasteiger partial charge in [0.05, 0.1) is 6.04 Å². The van der Waals surface area contributed by atoms with E-state index in [0.717, 1.165) is 39.0 Å². The summed E-state index contributed by atoms with van der Waals surface area (Å²) in [5, 5.41) is 11.3. The first-order valence-electron chi connectivity index (χ1n) is 9.97. The largest absolute Gasteiger partial charge is 0.480 e. The molecule has 4 heterocycles. The van der Waals surface area contributed by atoms with Crippen molar-refractivity contribution in [3.05, 3.63) is 95.4 Å². The molecular formula is C24H19N3O3. The van der Waals surface area contributed by atoms with E-state index >= 15 is 0 Å². The molecule has 3 atom stereocenters. The van der Waals surface area contributed by atoms with Gasteiger partial charge in [0, 0.05) is 46.5 Å². The monoisotopic (exact) mass is 397 g/mol. The summed E-state index contributed by atoms with van der Waals surface area (Å²) in [6.07, 6.45) is 3.32. The zero-order valence-electron chi connectivity index (χ0n) is 16.0. The van der Waals surface area contributed by atoms with Crippen LogP contribution in [-0.2, 0) is 11.2 Å². The molecule has 148 valence electrons. The zero-order chi connectivity index (χ0) is 20.2. The summed E-state index contributed by atoms with van der Waals surface area (Å²) in [6, 6.07) is 18.8. The van der Waals surface area contributed by atoms with Crippen molar-refractivity contribution in [1.29, 1.82) is 0 Å². The molecule has 6 rings (SSSR count). The van der Waals surface area contributed by atoms with Gasteiger partial charge in [-0.05, 0) is 29.8 Å². The number of benzene rings is 2. The Morgan fingerprint density at radius 1 is 1.07 bits per heavy atom. The number of nitrogens with one attached hydrogen (secondary N) is 1. The summed E-state index contributed by atoms with van der Waals surface area (Å²) in [4.78, 5) is 22.1. The van der Waals surface area contributed by atoms with Crippen LogP contribution < -0.4 is 4.74 Å². The van der Waals surface area contributed by atoms with Crippen LogP contribution in [0.5, 0.6) is 5.75 Å². The van der Waals surface area contributed by atoms with Crippen LogP contribution in [0.15, 0.2) is 73.1 Å². The molecule has 2 aromatic heterocycles. The fraction of sp³-hybridized carbons (Fsp3) is 0.167. The Morgan fingerprint density at radius 3 is 2.67 bits per heavy atom. The summed E-state index contributed by atoms with van der Waals surface area (Å²) in [5.41, 5.74) is 5.00. The Morgan fingerprint density at radius 2 is 1.83 bits per heavy atom. The van der Waals surface area contributed by atoms with Gasteiger partial charge in [-0.2, -0.15) is 0 Å². The third-order valence-electron chi connectivity index (χ3n) is 6.17. The Hall–Kier alpha value is -3.64. The molecule has 0 amide bonds. The predicted octanol–water partition coefficient (Wildman–Crippen LogP) is 4.05. The van der Waals surface area contributed by atoms with E-state index in [1.165, 1.54) is 0 Å². The molecule has 0 aliphatic carbocycles. The number of hydrogen-bond donors (Lipinski definition) is 2. The Labute approximate surface area is 172 Å². The summed E-state index contributed by atoms with van der Waals surface area (Å²) in [6.45, 7) is 0. The average molecular weight is 397 g/mol. The van der Waals surface area contributed by atoms with Gasteiger partial charge in [0.1, 0.15) is 11.8 Å². The van der Waals surface area contributed by atoms with Gasteiger partial charge in [-0.15, -0.1) is 0 Å². The van der Waals surface area contributed by atoms with E-state index in [1.54, 1.807) is 12.4 Å². The molecule has 2 N–H and O–H groups in total. The first kappa shape index (κ1) is 17.2. The van der Waals surface area contributed by atoms with Crippen LogP contribution in [0.2, 0.25) is 0 Å². The normalized spacial score (nSPS) is 22.6. The second-order valence-electron chi connectivity index (χ2n) is 7.76. The number of H-pyrrole nitrogens is 1. The van der Waals surface area contributed by atoms with Gasteiger partial charge in [0.15, 0.2) is 6.23 Å². The first-order chi connectivity index (χ1) is 14.7. The number of ether oxygens (including phenoxy) is 1. The number of hydrogen-bond acceptors (Lipinski definition) is 4. The van der Waals surface area contributed by atoms with Crippen LogP contribution in [0.4, 0.5) is 0 Å². The fourth-order valence-corrected chi connectivity index (χ4v) is 4.89. The number of fused-ring (bicyclic) bond motifs is 7. The van der Waals surface area contributed by atoms with Crippen LogP contribution in [0, 0.1) is 0 Å². The van der Waals surface area contributed by atoms with E-state index < -0.39 is 18.2 Å². The number of aliphatic carboxylic acids is 1. The highest BCUT2D eigenvalue weighted by molar-refractivity contribution is 5.87. The molecule has 2 aromatic carbocycles. The number of para-hydroxylation sites is 2. The predicted molar refractivity (Wildman–Crippen MR) is 111 cm³/mol. The number of aromatic nitrogens is 2. The quantitative estimate of drug-likeness (QED) is 0.533. The highest BCUT2D eigenvalue weighted by Gasteiger charge is 2.48. The van der Waals surface area contributed by atoms with Crippen molar-refractivity contribution < 1.29 is 14.6 Å². The minimum absolute atomic E-state index is 0.245. The van der Waals surface area contributed by atoms with Crippen molar-refractivity contribution in [2.75, 3.05) is 0 Å². The topological polar surface area (TPSA) is 78.4 Å². The van der Waals surface area contributed by atoms with E-state index in [0.29, 0.717) is 6.42 Å². The summed E-state index contributed by atoms with van der Waals surface area (Å²) in [5.74, 6) is -0.0748. The molecule has 2 aliphatic rings. The molecule has 0 unspecified atom stereocenters. The zero-order valence-corrected chi connectivity index (χ0v) is 16.0. The van der Waals surface area contributed by atoms with Gasteiger partial charge in [0.25, 0.3) is 0 Å². The molecule has 0 radical (unpaired) electrons. The lowest BCUT2D eigenvalue weighted by Crippen LogP contribution is -2.53. The van der Waals surface area contributed by atoms with Crippen molar-refractivity contribution in [1.82, 2.24) is 14.9 Å². The van der Waals surface area contributed by atoms with Crippen molar-refractivity contribution in [3.8, 4) is 5.75 Å². The number of aromatic amines is 1. The van der Waals surface area contributed by atoms with Crippen LogP contribution in [0.3, 0.4) is 0 Å². The molecule has 6 nitrogen and oxygen atoms in total. The SMILES string of the molecule is O=C(O)[C@@H]1Cc2c([nH]c3ccccc23)[C@@H]2c3ccccc3O[C@H](c3ccncc3)N21. The maximum absolute atomic E-state index is 12.4. The number of rotatable bonds is 2. The minimum atomic E-state index is -0.849. The molecule has 0 bridgehead atoms. The van der Waals surface area contributed by atoms with Crippen molar-refractivity contribution >= 4 is 16.9 Å². The standard InChI is InChI=1S/C24H19N3O3/c28-24(29)19-13-17-15-5-1-3-7-18(15)26-21(17)22-16-6-2-4-8-20(16)30-23(27(19)22)14-9-11-25-12-10-14/h1-12,19,22-23,26H,13H2,(H,28,29)/t19-,22-,23+/m0/s1. The maximum Gasteiger partial charge on any atom is 0.321 e. The van der Waals surface area contributed by atoms with Gasteiger partial charge in [0.2, 0.25) is 0 Å².